The molecule has 0 spiro atoms. The highest BCUT2D eigenvalue weighted by Gasteiger charge is 2.28. The minimum Gasteiger partial charge on any atom is -0.335 e. The standard InChI is InChI=1S/C10H18F2N2O/c11-9(12)7-14(6-5-13)10(15)8-3-1-2-4-8/h8-9H,1-7,13H2. The molecule has 88 valence electrons. The van der Waals surface area contributed by atoms with Crippen LogP contribution >= 0.6 is 0 Å². The molecule has 0 aromatic carbocycles. The first-order chi connectivity index (χ1) is 7.15. The fourth-order valence-corrected chi connectivity index (χ4v) is 2.04. The van der Waals surface area contributed by atoms with E-state index in [2.05, 4.69) is 0 Å². The van der Waals surface area contributed by atoms with Crippen molar-refractivity contribution in [3.8, 4) is 0 Å². The molecule has 0 bridgehead atoms. The van der Waals surface area contributed by atoms with Crippen LogP contribution in [-0.2, 0) is 4.79 Å². The fourth-order valence-electron chi connectivity index (χ4n) is 2.04. The second-order valence-corrected chi connectivity index (χ2v) is 3.95. The monoisotopic (exact) mass is 220 g/mol. The smallest absolute Gasteiger partial charge is 0.255 e. The normalized spacial score (nSPS) is 17.3. The zero-order chi connectivity index (χ0) is 11.3. The van der Waals surface area contributed by atoms with Crippen molar-refractivity contribution in [3.63, 3.8) is 0 Å². The zero-order valence-electron chi connectivity index (χ0n) is 8.79. The largest absolute Gasteiger partial charge is 0.335 e. The number of alkyl halides is 2. The van der Waals surface area contributed by atoms with E-state index in [-0.39, 0.29) is 24.9 Å². The summed E-state index contributed by atoms with van der Waals surface area (Å²) in [6, 6.07) is 0. The van der Waals surface area contributed by atoms with Gasteiger partial charge in [0.15, 0.2) is 0 Å². The highest BCUT2D eigenvalue weighted by molar-refractivity contribution is 5.79. The number of amides is 1. The van der Waals surface area contributed by atoms with Crippen molar-refractivity contribution in [2.75, 3.05) is 19.6 Å². The quantitative estimate of drug-likeness (QED) is 0.757. The Hall–Kier alpha value is -0.710. The van der Waals surface area contributed by atoms with Gasteiger partial charge in [-0.2, -0.15) is 0 Å². The minimum absolute atomic E-state index is 0.0460. The second-order valence-electron chi connectivity index (χ2n) is 3.95. The molecule has 0 unspecified atom stereocenters. The summed E-state index contributed by atoms with van der Waals surface area (Å²) in [6.45, 7) is -0.00259. The molecule has 2 N–H and O–H groups in total. The molecule has 0 aromatic rings. The van der Waals surface area contributed by atoms with E-state index >= 15 is 0 Å². The number of hydrogen-bond acceptors (Lipinski definition) is 2. The Morgan fingerprint density at radius 1 is 1.40 bits per heavy atom. The zero-order valence-corrected chi connectivity index (χ0v) is 8.79. The number of hydrogen-bond donors (Lipinski definition) is 1. The van der Waals surface area contributed by atoms with E-state index in [1.807, 2.05) is 0 Å². The van der Waals surface area contributed by atoms with E-state index in [1.165, 1.54) is 4.90 Å². The van der Waals surface area contributed by atoms with Crippen LogP contribution in [0.3, 0.4) is 0 Å². The summed E-state index contributed by atoms with van der Waals surface area (Å²) >= 11 is 0. The first-order valence-corrected chi connectivity index (χ1v) is 5.42. The van der Waals surface area contributed by atoms with Crippen molar-refractivity contribution in [3.05, 3.63) is 0 Å². The Kier molecular flexibility index (Phi) is 4.94. The van der Waals surface area contributed by atoms with Crippen molar-refractivity contribution in [1.82, 2.24) is 4.90 Å². The van der Waals surface area contributed by atoms with Gasteiger partial charge in [0.2, 0.25) is 5.91 Å². The number of halogens is 2. The van der Waals surface area contributed by atoms with Crippen molar-refractivity contribution < 1.29 is 13.6 Å². The van der Waals surface area contributed by atoms with Crippen molar-refractivity contribution >= 4 is 5.91 Å². The average molecular weight is 220 g/mol. The SMILES string of the molecule is NCCN(CC(F)F)C(=O)C1CCCC1. The Bertz CT molecular complexity index is 206. The lowest BCUT2D eigenvalue weighted by molar-refractivity contribution is -0.137. The van der Waals surface area contributed by atoms with Crippen LogP contribution < -0.4 is 5.73 Å². The van der Waals surface area contributed by atoms with Crippen molar-refractivity contribution in [2.24, 2.45) is 11.7 Å². The summed E-state index contributed by atoms with van der Waals surface area (Å²) in [5, 5.41) is 0. The van der Waals surface area contributed by atoms with Gasteiger partial charge in [0.1, 0.15) is 0 Å². The molecule has 1 amide bonds. The van der Waals surface area contributed by atoms with Gasteiger partial charge >= 0.3 is 0 Å². The molecule has 1 rings (SSSR count). The van der Waals surface area contributed by atoms with Gasteiger partial charge in [0.25, 0.3) is 6.43 Å². The summed E-state index contributed by atoms with van der Waals surface area (Å²) in [4.78, 5) is 13.0. The van der Waals surface area contributed by atoms with Gasteiger partial charge in [-0.05, 0) is 12.8 Å². The van der Waals surface area contributed by atoms with Gasteiger partial charge in [-0.1, -0.05) is 12.8 Å². The first-order valence-electron chi connectivity index (χ1n) is 5.42. The molecule has 0 radical (unpaired) electrons. The molecule has 5 heteroatoms. The van der Waals surface area contributed by atoms with Crippen LogP contribution in [0.25, 0.3) is 0 Å². The Labute approximate surface area is 88.6 Å². The van der Waals surface area contributed by atoms with Gasteiger partial charge < -0.3 is 10.6 Å². The third kappa shape index (κ3) is 3.74. The molecule has 1 saturated carbocycles. The molecule has 0 atom stereocenters. The molecule has 0 aliphatic heterocycles. The Morgan fingerprint density at radius 2 is 2.00 bits per heavy atom. The number of rotatable bonds is 5. The lowest BCUT2D eigenvalue weighted by atomic mass is 10.1. The van der Waals surface area contributed by atoms with Crippen LogP contribution in [0.5, 0.6) is 0 Å². The first kappa shape index (κ1) is 12.4. The van der Waals surface area contributed by atoms with E-state index in [9.17, 15) is 13.6 Å². The molecule has 15 heavy (non-hydrogen) atoms. The van der Waals surface area contributed by atoms with Crippen molar-refractivity contribution in [2.45, 2.75) is 32.1 Å². The molecule has 0 aromatic heterocycles. The maximum Gasteiger partial charge on any atom is 0.255 e. The van der Waals surface area contributed by atoms with E-state index in [4.69, 9.17) is 5.73 Å². The van der Waals surface area contributed by atoms with Crippen molar-refractivity contribution in [1.29, 1.82) is 0 Å². The molecule has 1 aliphatic rings. The Balaban J connectivity index is 2.49. The molecular formula is C10H18F2N2O. The Morgan fingerprint density at radius 3 is 2.47 bits per heavy atom. The van der Waals surface area contributed by atoms with Gasteiger partial charge in [-0.25, -0.2) is 8.78 Å². The summed E-state index contributed by atoms with van der Waals surface area (Å²) in [7, 11) is 0. The summed E-state index contributed by atoms with van der Waals surface area (Å²) in [5.41, 5.74) is 5.30. The van der Waals surface area contributed by atoms with E-state index in [0.29, 0.717) is 0 Å². The number of nitrogens with two attached hydrogens (primary N) is 1. The van der Waals surface area contributed by atoms with Gasteiger partial charge in [-0.3, -0.25) is 4.79 Å². The second kappa shape index (κ2) is 6.00. The van der Waals surface area contributed by atoms with Gasteiger partial charge in [-0.15, -0.1) is 0 Å². The predicted octanol–water partition coefficient (Wildman–Crippen LogP) is 1.23. The topological polar surface area (TPSA) is 46.3 Å². The van der Waals surface area contributed by atoms with Crippen LogP contribution in [0.1, 0.15) is 25.7 Å². The third-order valence-corrected chi connectivity index (χ3v) is 2.77. The lowest BCUT2D eigenvalue weighted by Gasteiger charge is -2.24. The maximum atomic E-state index is 12.2. The van der Waals surface area contributed by atoms with Crippen LogP contribution in [0, 0.1) is 5.92 Å². The number of carbonyl (C=O) groups excluding carboxylic acids is 1. The fraction of sp³-hybridized carbons (Fsp3) is 0.900. The highest BCUT2D eigenvalue weighted by atomic mass is 19.3. The van der Waals surface area contributed by atoms with Crippen LogP contribution in [-0.4, -0.2) is 36.9 Å². The van der Waals surface area contributed by atoms with Crippen LogP contribution in [0.2, 0.25) is 0 Å². The summed E-state index contributed by atoms with van der Waals surface area (Å²) in [5.74, 6) is -0.187. The van der Waals surface area contributed by atoms with E-state index < -0.39 is 13.0 Å². The van der Waals surface area contributed by atoms with Crippen LogP contribution in [0.15, 0.2) is 0 Å². The molecule has 0 saturated heterocycles. The maximum absolute atomic E-state index is 12.2. The van der Waals surface area contributed by atoms with E-state index in [1.54, 1.807) is 0 Å². The molecule has 1 fully saturated rings. The molecule has 1 aliphatic carbocycles. The van der Waals surface area contributed by atoms with E-state index in [0.717, 1.165) is 25.7 Å². The third-order valence-electron chi connectivity index (χ3n) is 2.77. The average Bonchev–Trinajstić information content (AvgIpc) is 2.68. The molecule has 3 nitrogen and oxygen atoms in total. The van der Waals surface area contributed by atoms with Gasteiger partial charge in [0.05, 0.1) is 6.54 Å². The molecule has 0 heterocycles. The molecular weight excluding hydrogens is 202 g/mol. The minimum atomic E-state index is -2.47. The van der Waals surface area contributed by atoms with Crippen LogP contribution in [0.4, 0.5) is 8.78 Å². The predicted molar refractivity (Wildman–Crippen MR) is 53.6 cm³/mol. The number of carbonyl (C=O) groups is 1. The number of nitrogens with zero attached hydrogens (tertiary/aromatic N) is 1. The summed E-state index contributed by atoms with van der Waals surface area (Å²) in [6.07, 6.45) is 1.26. The van der Waals surface area contributed by atoms with Gasteiger partial charge in [0, 0.05) is 19.0 Å². The highest BCUT2D eigenvalue weighted by Crippen LogP contribution is 2.26. The lowest BCUT2D eigenvalue weighted by Crippen LogP contribution is -2.41. The summed E-state index contributed by atoms with van der Waals surface area (Å²) < 4.78 is 24.4.